The van der Waals surface area contributed by atoms with Crippen molar-refractivity contribution in [1.82, 2.24) is 4.98 Å². The number of anilines is 1. The van der Waals surface area contributed by atoms with Gasteiger partial charge in [-0.25, -0.2) is 4.98 Å². The van der Waals surface area contributed by atoms with Crippen LogP contribution in [0.5, 0.6) is 0 Å². The number of nitrogens with one attached hydrogen (secondary N) is 1. The van der Waals surface area contributed by atoms with Crippen LogP contribution in [0.3, 0.4) is 0 Å². The first-order chi connectivity index (χ1) is 9.31. The van der Waals surface area contributed by atoms with Gasteiger partial charge in [0.05, 0.1) is 15.7 Å². The summed E-state index contributed by atoms with van der Waals surface area (Å²) in [5, 5.41) is 3.55. The average molecular weight is 268 g/mol. The van der Waals surface area contributed by atoms with Crippen LogP contribution in [-0.2, 0) is 6.42 Å². The van der Waals surface area contributed by atoms with Gasteiger partial charge in [-0.2, -0.15) is 0 Å². The molecule has 0 spiro atoms. The molecule has 1 heterocycles. The van der Waals surface area contributed by atoms with Gasteiger partial charge in [0, 0.05) is 11.7 Å². The van der Waals surface area contributed by atoms with E-state index in [1.54, 1.807) is 11.3 Å². The summed E-state index contributed by atoms with van der Waals surface area (Å²) in [7, 11) is 0. The molecule has 0 bridgehead atoms. The number of thiazole rings is 1. The van der Waals surface area contributed by atoms with Crippen LogP contribution in [0.25, 0.3) is 10.2 Å². The predicted molar refractivity (Wildman–Crippen MR) is 82.9 cm³/mol. The number of fused-ring (bicyclic) bond motifs is 1. The van der Waals surface area contributed by atoms with Crippen LogP contribution in [0.1, 0.15) is 12.5 Å². The highest BCUT2D eigenvalue weighted by Crippen LogP contribution is 2.22. The molecule has 3 heteroatoms. The SMILES string of the molecule is CC(Cc1ccccc1)Nc1ccc2ncsc2c1. The monoisotopic (exact) mass is 268 g/mol. The van der Waals surface area contributed by atoms with E-state index >= 15 is 0 Å². The van der Waals surface area contributed by atoms with Crippen molar-refractivity contribution in [2.75, 3.05) is 5.32 Å². The minimum Gasteiger partial charge on any atom is -0.382 e. The van der Waals surface area contributed by atoms with Crippen LogP contribution in [0.2, 0.25) is 0 Å². The lowest BCUT2D eigenvalue weighted by molar-refractivity contribution is 0.790. The number of nitrogens with zero attached hydrogens (tertiary/aromatic N) is 1. The summed E-state index contributed by atoms with van der Waals surface area (Å²) >= 11 is 1.68. The molecule has 19 heavy (non-hydrogen) atoms. The van der Waals surface area contributed by atoms with E-state index in [1.807, 2.05) is 5.51 Å². The largest absolute Gasteiger partial charge is 0.382 e. The van der Waals surface area contributed by atoms with Crippen molar-refractivity contribution in [3.63, 3.8) is 0 Å². The number of hydrogen-bond acceptors (Lipinski definition) is 3. The maximum atomic E-state index is 4.30. The molecule has 3 rings (SSSR count). The highest BCUT2D eigenvalue weighted by atomic mass is 32.1. The normalized spacial score (nSPS) is 12.5. The molecule has 0 saturated heterocycles. The molecule has 0 aliphatic carbocycles. The Morgan fingerprint density at radius 3 is 2.84 bits per heavy atom. The van der Waals surface area contributed by atoms with Gasteiger partial charge >= 0.3 is 0 Å². The average Bonchev–Trinajstić information content (AvgIpc) is 2.87. The van der Waals surface area contributed by atoms with Gasteiger partial charge < -0.3 is 5.32 Å². The molecular formula is C16H16N2S. The first kappa shape index (κ1) is 12.2. The Morgan fingerprint density at radius 1 is 1.16 bits per heavy atom. The second-order valence-corrected chi connectivity index (χ2v) is 5.66. The van der Waals surface area contributed by atoms with E-state index in [-0.39, 0.29) is 0 Å². The molecule has 1 unspecified atom stereocenters. The maximum Gasteiger partial charge on any atom is 0.0813 e. The summed E-state index contributed by atoms with van der Waals surface area (Å²) in [5.41, 5.74) is 5.50. The number of benzene rings is 2. The van der Waals surface area contributed by atoms with E-state index in [0.29, 0.717) is 6.04 Å². The first-order valence-corrected chi connectivity index (χ1v) is 7.33. The molecule has 0 saturated carbocycles. The van der Waals surface area contributed by atoms with E-state index in [1.165, 1.54) is 16.0 Å². The van der Waals surface area contributed by atoms with Gasteiger partial charge in [-0.15, -0.1) is 11.3 Å². The predicted octanol–water partition coefficient (Wildman–Crippen LogP) is 4.34. The number of hydrogen-bond donors (Lipinski definition) is 1. The molecule has 0 aliphatic rings. The maximum absolute atomic E-state index is 4.30. The molecule has 0 amide bonds. The van der Waals surface area contributed by atoms with Crippen molar-refractivity contribution in [2.45, 2.75) is 19.4 Å². The van der Waals surface area contributed by atoms with Crippen LogP contribution < -0.4 is 5.32 Å². The smallest absolute Gasteiger partial charge is 0.0813 e. The van der Waals surface area contributed by atoms with Gasteiger partial charge in [0.25, 0.3) is 0 Å². The van der Waals surface area contributed by atoms with Gasteiger partial charge in [0.15, 0.2) is 0 Å². The molecule has 2 nitrogen and oxygen atoms in total. The van der Waals surface area contributed by atoms with Crippen molar-refractivity contribution >= 4 is 27.2 Å². The minimum atomic E-state index is 0.410. The summed E-state index contributed by atoms with van der Waals surface area (Å²) in [4.78, 5) is 4.30. The van der Waals surface area contributed by atoms with Crippen LogP contribution in [0.15, 0.2) is 54.0 Å². The zero-order chi connectivity index (χ0) is 13.1. The molecule has 3 aromatic rings. The van der Waals surface area contributed by atoms with Gasteiger partial charge in [0.1, 0.15) is 0 Å². The van der Waals surface area contributed by atoms with Crippen molar-refractivity contribution in [3.05, 3.63) is 59.6 Å². The molecular weight excluding hydrogens is 252 g/mol. The zero-order valence-electron chi connectivity index (χ0n) is 10.8. The van der Waals surface area contributed by atoms with Crippen LogP contribution in [0, 0.1) is 0 Å². The lowest BCUT2D eigenvalue weighted by Gasteiger charge is -2.15. The fourth-order valence-corrected chi connectivity index (χ4v) is 2.96. The Hall–Kier alpha value is -1.87. The fraction of sp³-hybridized carbons (Fsp3) is 0.188. The molecule has 0 fully saturated rings. The minimum absolute atomic E-state index is 0.410. The third-order valence-corrected chi connectivity index (χ3v) is 3.92. The van der Waals surface area contributed by atoms with E-state index < -0.39 is 0 Å². The Bertz CT molecular complexity index is 661. The Morgan fingerprint density at radius 2 is 2.00 bits per heavy atom. The highest BCUT2D eigenvalue weighted by molar-refractivity contribution is 7.16. The number of aromatic nitrogens is 1. The van der Waals surface area contributed by atoms with Crippen LogP contribution in [-0.4, -0.2) is 11.0 Å². The second-order valence-electron chi connectivity index (χ2n) is 4.77. The highest BCUT2D eigenvalue weighted by Gasteiger charge is 2.04. The van der Waals surface area contributed by atoms with E-state index in [4.69, 9.17) is 0 Å². The van der Waals surface area contributed by atoms with E-state index in [0.717, 1.165) is 11.9 Å². The molecule has 1 N–H and O–H groups in total. The van der Waals surface area contributed by atoms with E-state index in [2.05, 4.69) is 65.8 Å². The third kappa shape index (κ3) is 2.93. The van der Waals surface area contributed by atoms with Gasteiger partial charge in [-0.3, -0.25) is 0 Å². The topological polar surface area (TPSA) is 24.9 Å². The molecule has 1 atom stereocenters. The standard InChI is InChI=1S/C16H16N2S/c1-12(9-13-5-3-2-4-6-13)18-14-7-8-15-16(10-14)19-11-17-15/h2-8,10-12,18H,9H2,1H3. The summed E-state index contributed by atoms with van der Waals surface area (Å²) in [6, 6.07) is 17.3. The summed E-state index contributed by atoms with van der Waals surface area (Å²) < 4.78 is 1.23. The number of rotatable bonds is 4. The Balaban J connectivity index is 1.70. The van der Waals surface area contributed by atoms with Crippen molar-refractivity contribution < 1.29 is 0 Å². The van der Waals surface area contributed by atoms with Crippen LogP contribution in [0.4, 0.5) is 5.69 Å². The summed E-state index contributed by atoms with van der Waals surface area (Å²) in [6.45, 7) is 2.21. The molecule has 96 valence electrons. The summed E-state index contributed by atoms with van der Waals surface area (Å²) in [6.07, 6.45) is 1.03. The van der Waals surface area contributed by atoms with E-state index in [9.17, 15) is 0 Å². The zero-order valence-corrected chi connectivity index (χ0v) is 11.7. The Labute approximate surface area is 117 Å². The lowest BCUT2D eigenvalue weighted by Crippen LogP contribution is -2.17. The quantitative estimate of drug-likeness (QED) is 0.761. The van der Waals surface area contributed by atoms with Crippen molar-refractivity contribution in [3.8, 4) is 0 Å². The first-order valence-electron chi connectivity index (χ1n) is 6.45. The van der Waals surface area contributed by atoms with Crippen molar-refractivity contribution in [2.24, 2.45) is 0 Å². The van der Waals surface area contributed by atoms with Gasteiger partial charge in [-0.1, -0.05) is 30.3 Å². The molecule has 2 aromatic carbocycles. The second kappa shape index (κ2) is 5.41. The van der Waals surface area contributed by atoms with Crippen LogP contribution >= 0.6 is 11.3 Å². The lowest BCUT2D eigenvalue weighted by atomic mass is 10.1. The Kier molecular flexibility index (Phi) is 3.47. The van der Waals surface area contributed by atoms with Gasteiger partial charge in [0.2, 0.25) is 0 Å². The molecule has 0 radical (unpaired) electrons. The molecule has 1 aromatic heterocycles. The fourth-order valence-electron chi connectivity index (χ4n) is 2.25. The summed E-state index contributed by atoms with van der Waals surface area (Å²) in [5.74, 6) is 0. The van der Waals surface area contributed by atoms with Gasteiger partial charge in [-0.05, 0) is 37.1 Å². The molecule has 0 aliphatic heterocycles. The third-order valence-electron chi connectivity index (χ3n) is 3.13. The van der Waals surface area contributed by atoms with Crippen molar-refractivity contribution in [1.29, 1.82) is 0 Å².